The zero-order chi connectivity index (χ0) is 15.2. The van der Waals surface area contributed by atoms with Crippen LogP contribution in [0.2, 0.25) is 5.02 Å². The highest BCUT2D eigenvalue weighted by molar-refractivity contribution is 6.31. The SMILES string of the molecule is O=C(CCc1ccccc1Cl)Nc1ccc([N+](=O)[O-])cc1. The normalized spacial score (nSPS) is 10.1. The molecule has 0 unspecified atom stereocenters. The summed E-state index contributed by atoms with van der Waals surface area (Å²) in [7, 11) is 0. The van der Waals surface area contributed by atoms with E-state index < -0.39 is 4.92 Å². The van der Waals surface area contributed by atoms with Gasteiger partial charge in [-0.25, -0.2) is 0 Å². The van der Waals surface area contributed by atoms with E-state index in [0.717, 1.165) is 5.56 Å². The molecule has 2 aromatic rings. The first-order chi connectivity index (χ1) is 10.1. The van der Waals surface area contributed by atoms with Crippen molar-refractivity contribution >= 4 is 28.9 Å². The van der Waals surface area contributed by atoms with Gasteiger partial charge in [0, 0.05) is 29.3 Å². The maximum atomic E-state index is 11.8. The second kappa shape index (κ2) is 6.85. The summed E-state index contributed by atoms with van der Waals surface area (Å²) >= 11 is 6.02. The minimum atomic E-state index is -0.483. The lowest BCUT2D eigenvalue weighted by Crippen LogP contribution is -2.12. The average Bonchev–Trinajstić information content (AvgIpc) is 2.47. The number of anilines is 1. The van der Waals surface area contributed by atoms with E-state index in [4.69, 9.17) is 11.6 Å². The van der Waals surface area contributed by atoms with Gasteiger partial charge >= 0.3 is 0 Å². The predicted molar refractivity (Wildman–Crippen MR) is 81.5 cm³/mol. The molecule has 0 saturated heterocycles. The molecule has 2 aromatic carbocycles. The first-order valence-corrected chi connectivity index (χ1v) is 6.72. The third kappa shape index (κ3) is 4.29. The standard InChI is InChI=1S/C15H13ClN2O3/c16-14-4-2-1-3-11(14)5-10-15(19)17-12-6-8-13(9-7-12)18(20)21/h1-4,6-9H,5,10H2,(H,17,19). The van der Waals surface area contributed by atoms with E-state index >= 15 is 0 Å². The number of benzene rings is 2. The van der Waals surface area contributed by atoms with Crippen molar-refractivity contribution in [3.63, 3.8) is 0 Å². The Hall–Kier alpha value is -2.40. The molecule has 1 N–H and O–H groups in total. The summed E-state index contributed by atoms with van der Waals surface area (Å²) in [5.74, 6) is -0.163. The van der Waals surface area contributed by atoms with Gasteiger partial charge in [0.05, 0.1) is 4.92 Å². The number of non-ortho nitro benzene ring substituents is 1. The maximum absolute atomic E-state index is 11.8. The van der Waals surface area contributed by atoms with E-state index in [1.807, 2.05) is 18.2 Å². The van der Waals surface area contributed by atoms with Crippen molar-refractivity contribution in [2.24, 2.45) is 0 Å². The number of hydrogen-bond acceptors (Lipinski definition) is 3. The summed E-state index contributed by atoms with van der Waals surface area (Å²) < 4.78 is 0. The molecular formula is C15H13ClN2O3. The Morgan fingerprint density at radius 1 is 1.14 bits per heavy atom. The van der Waals surface area contributed by atoms with E-state index in [9.17, 15) is 14.9 Å². The number of nitrogens with zero attached hydrogens (tertiary/aromatic N) is 1. The number of carbonyl (C=O) groups is 1. The maximum Gasteiger partial charge on any atom is 0.269 e. The molecule has 5 nitrogen and oxygen atoms in total. The molecule has 0 saturated carbocycles. The van der Waals surface area contributed by atoms with Crippen LogP contribution in [-0.2, 0) is 11.2 Å². The van der Waals surface area contributed by atoms with Crippen LogP contribution in [-0.4, -0.2) is 10.8 Å². The highest BCUT2D eigenvalue weighted by Gasteiger charge is 2.07. The lowest BCUT2D eigenvalue weighted by Gasteiger charge is -2.06. The first-order valence-electron chi connectivity index (χ1n) is 6.34. The van der Waals surface area contributed by atoms with Crippen LogP contribution < -0.4 is 5.32 Å². The second-order valence-electron chi connectivity index (χ2n) is 4.44. The molecule has 0 radical (unpaired) electrons. The van der Waals surface area contributed by atoms with Gasteiger partial charge in [0.1, 0.15) is 0 Å². The molecule has 0 aliphatic rings. The molecule has 0 aromatic heterocycles. The number of halogens is 1. The molecule has 0 spiro atoms. The summed E-state index contributed by atoms with van der Waals surface area (Å²) in [6.45, 7) is 0. The van der Waals surface area contributed by atoms with Crippen LogP contribution >= 0.6 is 11.6 Å². The van der Waals surface area contributed by atoms with Crippen LogP contribution in [0.3, 0.4) is 0 Å². The van der Waals surface area contributed by atoms with Crippen molar-refractivity contribution in [2.45, 2.75) is 12.8 Å². The molecule has 0 heterocycles. The molecule has 0 atom stereocenters. The van der Waals surface area contributed by atoms with Gasteiger partial charge < -0.3 is 5.32 Å². The number of hydrogen-bond donors (Lipinski definition) is 1. The zero-order valence-corrected chi connectivity index (χ0v) is 11.8. The average molecular weight is 305 g/mol. The van der Waals surface area contributed by atoms with E-state index in [1.165, 1.54) is 24.3 Å². The molecule has 2 rings (SSSR count). The van der Waals surface area contributed by atoms with Gasteiger partial charge in [-0.05, 0) is 30.2 Å². The fraction of sp³-hybridized carbons (Fsp3) is 0.133. The smallest absolute Gasteiger partial charge is 0.269 e. The summed E-state index contributed by atoms with van der Waals surface area (Å²) in [6, 6.07) is 13.1. The number of rotatable bonds is 5. The Kier molecular flexibility index (Phi) is 4.90. The van der Waals surface area contributed by atoms with Gasteiger partial charge in [-0.1, -0.05) is 29.8 Å². The van der Waals surface area contributed by atoms with Crippen LogP contribution in [0.4, 0.5) is 11.4 Å². The minimum absolute atomic E-state index is 0.0101. The van der Waals surface area contributed by atoms with Gasteiger partial charge in [-0.3, -0.25) is 14.9 Å². The highest BCUT2D eigenvalue weighted by atomic mass is 35.5. The van der Waals surface area contributed by atoms with E-state index in [2.05, 4.69) is 5.32 Å². The highest BCUT2D eigenvalue weighted by Crippen LogP contribution is 2.18. The number of amides is 1. The number of nitro groups is 1. The van der Waals surface area contributed by atoms with Crippen molar-refractivity contribution in [1.29, 1.82) is 0 Å². The van der Waals surface area contributed by atoms with Gasteiger partial charge in [0.15, 0.2) is 0 Å². The van der Waals surface area contributed by atoms with Crippen molar-refractivity contribution in [3.05, 3.63) is 69.2 Å². The Labute approximate surface area is 126 Å². The summed E-state index contributed by atoms with van der Waals surface area (Å²) in [6.07, 6.45) is 0.833. The van der Waals surface area contributed by atoms with Crippen LogP contribution in [0.15, 0.2) is 48.5 Å². The molecule has 0 fully saturated rings. The third-order valence-electron chi connectivity index (χ3n) is 2.94. The van der Waals surface area contributed by atoms with Gasteiger partial charge in [0.25, 0.3) is 5.69 Å². The predicted octanol–water partition coefficient (Wildman–Crippen LogP) is 3.82. The van der Waals surface area contributed by atoms with Gasteiger partial charge in [-0.15, -0.1) is 0 Å². The fourth-order valence-electron chi connectivity index (χ4n) is 1.84. The van der Waals surface area contributed by atoms with Crippen molar-refractivity contribution in [1.82, 2.24) is 0 Å². The Morgan fingerprint density at radius 3 is 2.43 bits per heavy atom. The van der Waals surface area contributed by atoms with Crippen molar-refractivity contribution in [2.75, 3.05) is 5.32 Å². The largest absolute Gasteiger partial charge is 0.326 e. The Bertz CT molecular complexity index is 656. The second-order valence-corrected chi connectivity index (χ2v) is 4.85. The molecule has 0 aliphatic carbocycles. The molecule has 1 amide bonds. The van der Waals surface area contributed by atoms with Crippen LogP contribution in [0.5, 0.6) is 0 Å². The van der Waals surface area contributed by atoms with E-state index in [0.29, 0.717) is 23.6 Å². The van der Waals surface area contributed by atoms with Crippen molar-refractivity contribution < 1.29 is 9.72 Å². The zero-order valence-electron chi connectivity index (χ0n) is 11.1. The molecule has 0 bridgehead atoms. The number of carbonyl (C=O) groups excluding carboxylic acids is 1. The van der Waals surface area contributed by atoms with E-state index in [-0.39, 0.29) is 11.6 Å². The lowest BCUT2D eigenvalue weighted by molar-refractivity contribution is -0.384. The minimum Gasteiger partial charge on any atom is -0.326 e. The summed E-state index contributed by atoms with van der Waals surface area (Å²) in [5.41, 5.74) is 1.44. The van der Waals surface area contributed by atoms with Crippen LogP contribution in [0.25, 0.3) is 0 Å². The van der Waals surface area contributed by atoms with Crippen LogP contribution in [0, 0.1) is 10.1 Å². The molecule has 108 valence electrons. The quantitative estimate of drug-likeness (QED) is 0.674. The summed E-state index contributed by atoms with van der Waals surface area (Å²) in [5, 5.41) is 13.9. The Balaban J connectivity index is 1.90. The lowest BCUT2D eigenvalue weighted by atomic mass is 10.1. The van der Waals surface area contributed by atoms with Crippen molar-refractivity contribution in [3.8, 4) is 0 Å². The first kappa shape index (κ1) is 15.0. The van der Waals surface area contributed by atoms with Gasteiger partial charge in [0.2, 0.25) is 5.91 Å². The Morgan fingerprint density at radius 2 is 1.81 bits per heavy atom. The topological polar surface area (TPSA) is 72.2 Å². The molecular weight excluding hydrogens is 292 g/mol. The number of aryl methyl sites for hydroxylation is 1. The van der Waals surface area contributed by atoms with E-state index in [1.54, 1.807) is 6.07 Å². The van der Waals surface area contributed by atoms with Gasteiger partial charge in [-0.2, -0.15) is 0 Å². The molecule has 6 heteroatoms. The number of nitrogens with one attached hydrogen (secondary N) is 1. The van der Waals surface area contributed by atoms with Crippen LogP contribution in [0.1, 0.15) is 12.0 Å². The third-order valence-corrected chi connectivity index (χ3v) is 3.31. The fourth-order valence-corrected chi connectivity index (χ4v) is 2.07. The monoisotopic (exact) mass is 304 g/mol. The molecule has 21 heavy (non-hydrogen) atoms. The molecule has 0 aliphatic heterocycles. The summed E-state index contributed by atoms with van der Waals surface area (Å²) in [4.78, 5) is 21.9. The number of nitro benzene ring substituents is 1.